The minimum absolute atomic E-state index is 0.00104. The minimum Gasteiger partial charge on any atom is -0.381 e. The fourth-order valence-corrected chi connectivity index (χ4v) is 3.33. The van der Waals surface area contributed by atoms with E-state index in [0.717, 1.165) is 16.3 Å². The van der Waals surface area contributed by atoms with Crippen molar-refractivity contribution in [2.75, 3.05) is 18.6 Å². The second-order valence-corrected chi connectivity index (χ2v) is 9.23. The molecule has 0 amide bonds. The monoisotopic (exact) mass is 334 g/mol. The lowest BCUT2D eigenvalue weighted by molar-refractivity contribution is 0.549. The highest BCUT2D eigenvalue weighted by Crippen LogP contribution is 2.25. The number of benzene rings is 1. The molecular formula is C17H26N4OS. The van der Waals surface area contributed by atoms with Crippen LogP contribution < -0.4 is 5.32 Å². The van der Waals surface area contributed by atoms with Crippen LogP contribution in [0.5, 0.6) is 0 Å². The molecule has 2 rings (SSSR count). The molecule has 1 unspecified atom stereocenters. The van der Waals surface area contributed by atoms with Gasteiger partial charge in [0, 0.05) is 54.7 Å². The minimum atomic E-state index is -2.31. The largest absolute Gasteiger partial charge is 0.381 e. The molecule has 23 heavy (non-hydrogen) atoms. The third-order valence-electron chi connectivity index (χ3n) is 3.72. The van der Waals surface area contributed by atoms with E-state index in [9.17, 15) is 4.21 Å². The highest BCUT2D eigenvalue weighted by molar-refractivity contribution is 7.93. The summed E-state index contributed by atoms with van der Waals surface area (Å²) in [7, 11) is 1.22. The van der Waals surface area contributed by atoms with Crippen LogP contribution in [0.2, 0.25) is 0 Å². The number of hydrogen-bond donors (Lipinski definition) is 1. The molecule has 1 heterocycles. The lowest BCUT2D eigenvalue weighted by Crippen LogP contribution is -2.16. The first kappa shape index (κ1) is 17.5. The molecule has 1 aromatic carbocycles. The summed E-state index contributed by atoms with van der Waals surface area (Å²) in [5, 5.41) is 7.98. The number of nitrogens with one attached hydrogen (secondary N) is 1. The van der Waals surface area contributed by atoms with Crippen molar-refractivity contribution in [3.05, 3.63) is 41.7 Å². The molecule has 1 atom stereocenters. The van der Waals surface area contributed by atoms with Crippen molar-refractivity contribution in [2.45, 2.75) is 37.6 Å². The second-order valence-electron chi connectivity index (χ2n) is 6.79. The maximum Gasteiger partial charge on any atom is 0.0727 e. The predicted octanol–water partition coefficient (Wildman–Crippen LogP) is 3.42. The van der Waals surface area contributed by atoms with E-state index in [1.54, 1.807) is 13.3 Å². The Labute approximate surface area is 139 Å². The van der Waals surface area contributed by atoms with Gasteiger partial charge in [0.05, 0.1) is 15.4 Å². The van der Waals surface area contributed by atoms with Crippen LogP contribution in [0.1, 0.15) is 32.0 Å². The molecule has 0 fully saturated rings. The second kappa shape index (κ2) is 6.35. The van der Waals surface area contributed by atoms with Crippen molar-refractivity contribution < 1.29 is 4.21 Å². The summed E-state index contributed by atoms with van der Waals surface area (Å²) in [5.74, 6) is 0. The molecule has 0 saturated heterocycles. The molecule has 1 N–H and O–H groups in total. The number of hydrogen-bond acceptors (Lipinski definition) is 4. The summed E-state index contributed by atoms with van der Waals surface area (Å²) < 4.78 is 18.2. The van der Waals surface area contributed by atoms with Crippen LogP contribution in [0.3, 0.4) is 0 Å². The third kappa shape index (κ3) is 4.13. The normalized spacial score (nSPS) is 14.3. The van der Waals surface area contributed by atoms with Crippen molar-refractivity contribution in [1.29, 1.82) is 0 Å². The fourth-order valence-electron chi connectivity index (χ4n) is 2.44. The van der Waals surface area contributed by atoms with Gasteiger partial charge in [-0.25, -0.2) is 8.57 Å². The summed E-state index contributed by atoms with van der Waals surface area (Å²) in [6, 6.07) is 7.63. The van der Waals surface area contributed by atoms with Gasteiger partial charge in [0.1, 0.15) is 0 Å². The molecule has 2 aromatic rings. The van der Waals surface area contributed by atoms with Crippen LogP contribution in [0, 0.1) is 0 Å². The van der Waals surface area contributed by atoms with Crippen molar-refractivity contribution in [3.63, 3.8) is 0 Å². The quantitative estimate of drug-likeness (QED) is 0.932. The Kier molecular flexibility index (Phi) is 4.84. The molecule has 6 heteroatoms. The molecule has 0 spiro atoms. The summed E-state index contributed by atoms with van der Waals surface area (Å²) in [6.07, 6.45) is 3.70. The molecule has 0 aliphatic rings. The smallest absolute Gasteiger partial charge is 0.0727 e. The highest BCUT2D eigenvalue weighted by Gasteiger charge is 2.21. The Hall–Kier alpha value is -1.82. The molecule has 0 aliphatic carbocycles. The number of aryl methyl sites for hydroxylation is 1. The maximum atomic E-state index is 12.4. The molecule has 5 nitrogen and oxygen atoms in total. The topological polar surface area (TPSA) is 59.3 Å². The van der Waals surface area contributed by atoms with Gasteiger partial charge in [-0.15, -0.1) is 0 Å². The van der Waals surface area contributed by atoms with E-state index in [2.05, 4.69) is 35.5 Å². The Morgan fingerprint density at radius 2 is 2.04 bits per heavy atom. The van der Waals surface area contributed by atoms with Crippen LogP contribution in [-0.2, 0) is 28.7 Å². The van der Waals surface area contributed by atoms with E-state index in [0.29, 0.717) is 6.54 Å². The number of aromatic nitrogens is 2. The molecule has 0 aliphatic heterocycles. The van der Waals surface area contributed by atoms with E-state index in [1.807, 2.05) is 42.2 Å². The molecule has 0 radical (unpaired) electrons. The Balaban J connectivity index is 2.23. The molecule has 126 valence electrons. The van der Waals surface area contributed by atoms with Crippen molar-refractivity contribution in [1.82, 2.24) is 9.78 Å². The van der Waals surface area contributed by atoms with E-state index in [-0.39, 0.29) is 5.41 Å². The lowest BCUT2D eigenvalue weighted by Gasteiger charge is -2.18. The van der Waals surface area contributed by atoms with Crippen LogP contribution in [0.15, 0.2) is 39.7 Å². The maximum absolute atomic E-state index is 12.4. The fraction of sp³-hybridized carbons (Fsp3) is 0.471. The zero-order valence-electron chi connectivity index (χ0n) is 14.8. The van der Waals surface area contributed by atoms with E-state index in [4.69, 9.17) is 0 Å². The first-order chi connectivity index (χ1) is 10.6. The zero-order chi connectivity index (χ0) is 17.3. The first-order valence-electron chi connectivity index (χ1n) is 7.60. The summed E-state index contributed by atoms with van der Waals surface area (Å²) >= 11 is 0. The van der Waals surface area contributed by atoms with Crippen LogP contribution >= 0.6 is 0 Å². The van der Waals surface area contributed by atoms with Crippen molar-refractivity contribution in [3.8, 4) is 0 Å². The van der Waals surface area contributed by atoms with Gasteiger partial charge >= 0.3 is 0 Å². The SMILES string of the molecule is CN=S(C)(=O)c1cccc(NCc2cn(C)nc2C(C)(C)C)c1. The summed E-state index contributed by atoms with van der Waals surface area (Å²) in [4.78, 5) is 0.743. The van der Waals surface area contributed by atoms with Gasteiger partial charge in [-0.05, 0) is 18.2 Å². The van der Waals surface area contributed by atoms with Gasteiger partial charge in [0.15, 0.2) is 0 Å². The lowest BCUT2D eigenvalue weighted by atomic mass is 9.89. The first-order valence-corrected chi connectivity index (χ1v) is 9.53. The van der Waals surface area contributed by atoms with Crippen LogP contribution in [-0.4, -0.2) is 27.3 Å². The van der Waals surface area contributed by atoms with Gasteiger partial charge in [0.25, 0.3) is 0 Å². The van der Waals surface area contributed by atoms with Crippen LogP contribution in [0.4, 0.5) is 5.69 Å². The number of rotatable bonds is 4. The average molecular weight is 334 g/mol. The Bertz CT molecular complexity index is 808. The van der Waals surface area contributed by atoms with Gasteiger partial charge in [-0.2, -0.15) is 5.10 Å². The van der Waals surface area contributed by atoms with E-state index < -0.39 is 9.73 Å². The van der Waals surface area contributed by atoms with E-state index >= 15 is 0 Å². The average Bonchev–Trinajstić information content (AvgIpc) is 2.87. The van der Waals surface area contributed by atoms with Gasteiger partial charge < -0.3 is 5.32 Å². The Morgan fingerprint density at radius 3 is 2.65 bits per heavy atom. The summed E-state index contributed by atoms with van der Waals surface area (Å²) in [6.45, 7) is 7.16. The standard InChI is InChI=1S/C17H26N4OS/c1-17(2,3)16-13(12-21(5)20-16)11-19-14-8-7-9-15(10-14)23(6,22)18-4/h7-10,12,19H,11H2,1-6H3. The van der Waals surface area contributed by atoms with Gasteiger partial charge in [0.2, 0.25) is 0 Å². The van der Waals surface area contributed by atoms with Crippen molar-refractivity contribution in [2.24, 2.45) is 11.4 Å². The van der Waals surface area contributed by atoms with Gasteiger partial charge in [-0.3, -0.25) is 4.68 Å². The molecule has 0 bridgehead atoms. The van der Waals surface area contributed by atoms with Crippen molar-refractivity contribution >= 4 is 15.4 Å². The van der Waals surface area contributed by atoms with E-state index in [1.165, 1.54) is 5.56 Å². The van der Waals surface area contributed by atoms with Gasteiger partial charge in [-0.1, -0.05) is 26.8 Å². The number of anilines is 1. The third-order valence-corrected chi connectivity index (χ3v) is 5.54. The van der Waals surface area contributed by atoms with Crippen LogP contribution in [0.25, 0.3) is 0 Å². The zero-order valence-corrected chi connectivity index (χ0v) is 15.6. The molecule has 0 saturated carbocycles. The molecular weight excluding hydrogens is 308 g/mol. The summed E-state index contributed by atoms with van der Waals surface area (Å²) in [5.41, 5.74) is 3.19. The predicted molar refractivity (Wildman–Crippen MR) is 96.4 cm³/mol. The highest BCUT2D eigenvalue weighted by atomic mass is 32.2. The molecule has 1 aromatic heterocycles. The number of nitrogens with zero attached hydrogens (tertiary/aromatic N) is 3. The Morgan fingerprint density at radius 1 is 1.35 bits per heavy atom.